The summed E-state index contributed by atoms with van der Waals surface area (Å²) in [6.07, 6.45) is 3.76. The summed E-state index contributed by atoms with van der Waals surface area (Å²) >= 11 is 6.79. The molecule has 1 amide bonds. The van der Waals surface area contributed by atoms with Gasteiger partial charge in [-0.2, -0.15) is 0 Å². The molecule has 1 aromatic heterocycles. The van der Waals surface area contributed by atoms with Crippen LogP contribution in [0.5, 0.6) is 0 Å². The minimum absolute atomic E-state index is 0.188. The Labute approximate surface area is 118 Å². The number of pyridine rings is 1. The van der Waals surface area contributed by atoms with Crippen LogP contribution in [0.2, 0.25) is 0 Å². The third kappa shape index (κ3) is 4.63. The molecule has 1 aromatic rings. The van der Waals surface area contributed by atoms with Crippen molar-refractivity contribution in [3.8, 4) is 0 Å². The van der Waals surface area contributed by atoms with E-state index in [1.165, 1.54) is 0 Å². The van der Waals surface area contributed by atoms with E-state index in [1.807, 2.05) is 11.0 Å². The van der Waals surface area contributed by atoms with Crippen molar-refractivity contribution in [3.63, 3.8) is 0 Å². The van der Waals surface area contributed by atoms with E-state index >= 15 is 0 Å². The van der Waals surface area contributed by atoms with Gasteiger partial charge in [-0.1, -0.05) is 13.3 Å². The number of unbranched alkanes of at least 4 members (excludes halogenated alkanes) is 1. The fourth-order valence-electron chi connectivity index (χ4n) is 1.44. The number of nitrogens with two attached hydrogens (primary N) is 1. The van der Waals surface area contributed by atoms with Crippen LogP contribution in [0.15, 0.2) is 21.2 Å². The van der Waals surface area contributed by atoms with E-state index < -0.39 is 0 Å². The number of nitrogens with zero attached hydrogens (tertiary/aromatic N) is 2. The van der Waals surface area contributed by atoms with Gasteiger partial charge < -0.3 is 10.6 Å². The first kappa shape index (κ1) is 14.4. The van der Waals surface area contributed by atoms with E-state index in [2.05, 4.69) is 43.8 Å². The van der Waals surface area contributed by atoms with Crippen molar-refractivity contribution in [2.24, 2.45) is 5.73 Å². The average molecular weight is 365 g/mol. The molecule has 4 nitrogen and oxygen atoms in total. The second-order valence-corrected chi connectivity index (χ2v) is 5.47. The third-order valence-corrected chi connectivity index (χ3v) is 3.23. The van der Waals surface area contributed by atoms with Gasteiger partial charge in [-0.15, -0.1) is 0 Å². The number of amides is 1. The third-order valence-electron chi connectivity index (χ3n) is 2.22. The molecular weight excluding hydrogens is 350 g/mol. The molecular formula is C11H15Br2N3O. The van der Waals surface area contributed by atoms with E-state index in [-0.39, 0.29) is 12.5 Å². The van der Waals surface area contributed by atoms with Crippen molar-refractivity contribution in [1.82, 2.24) is 4.98 Å². The minimum atomic E-state index is -0.349. The van der Waals surface area contributed by atoms with Crippen LogP contribution >= 0.6 is 31.9 Å². The predicted molar refractivity (Wildman–Crippen MR) is 76.0 cm³/mol. The number of halogens is 2. The van der Waals surface area contributed by atoms with Gasteiger partial charge in [0, 0.05) is 17.2 Å². The van der Waals surface area contributed by atoms with Gasteiger partial charge in [0.15, 0.2) is 0 Å². The Hall–Kier alpha value is -0.620. The second kappa shape index (κ2) is 6.96. The highest BCUT2D eigenvalue weighted by molar-refractivity contribution is 9.11. The molecule has 1 rings (SSSR count). The van der Waals surface area contributed by atoms with Gasteiger partial charge in [0.2, 0.25) is 5.91 Å². The molecule has 1 heterocycles. The Bertz CT molecular complexity index is 398. The number of anilines is 1. The number of carbonyl (C=O) groups is 1. The van der Waals surface area contributed by atoms with Crippen molar-refractivity contribution in [2.45, 2.75) is 19.8 Å². The molecule has 94 valence electrons. The Balaban J connectivity index is 2.90. The predicted octanol–water partition coefficient (Wildman–Crippen LogP) is 2.70. The number of aromatic nitrogens is 1. The molecule has 0 spiro atoms. The number of hydrogen-bond acceptors (Lipinski definition) is 3. The molecule has 0 aliphatic carbocycles. The van der Waals surface area contributed by atoms with Gasteiger partial charge in [0.25, 0.3) is 0 Å². The van der Waals surface area contributed by atoms with Crippen LogP contribution in [0.1, 0.15) is 19.8 Å². The summed E-state index contributed by atoms with van der Waals surface area (Å²) in [5.41, 5.74) is 5.25. The van der Waals surface area contributed by atoms with E-state index in [0.717, 1.165) is 34.1 Å². The SMILES string of the molecule is CCCCN(CC(N)=O)c1ncc(Br)cc1Br. The molecule has 0 atom stereocenters. The molecule has 0 fully saturated rings. The van der Waals surface area contributed by atoms with Gasteiger partial charge in [-0.25, -0.2) is 4.98 Å². The van der Waals surface area contributed by atoms with Gasteiger partial charge >= 0.3 is 0 Å². The van der Waals surface area contributed by atoms with Crippen LogP contribution in [-0.4, -0.2) is 24.0 Å². The highest BCUT2D eigenvalue weighted by atomic mass is 79.9. The zero-order valence-electron chi connectivity index (χ0n) is 9.62. The molecule has 0 radical (unpaired) electrons. The first-order valence-corrected chi connectivity index (χ1v) is 6.97. The molecule has 0 aliphatic heterocycles. The summed E-state index contributed by atoms with van der Waals surface area (Å²) < 4.78 is 1.74. The van der Waals surface area contributed by atoms with E-state index in [9.17, 15) is 4.79 Å². The average Bonchev–Trinajstić information content (AvgIpc) is 2.24. The van der Waals surface area contributed by atoms with Crippen molar-refractivity contribution < 1.29 is 4.79 Å². The molecule has 6 heteroatoms. The van der Waals surface area contributed by atoms with Crippen molar-refractivity contribution >= 4 is 43.6 Å². The molecule has 0 bridgehead atoms. The summed E-state index contributed by atoms with van der Waals surface area (Å²) in [5, 5.41) is 0. The monoisotopic (exact) mass is 363 g/mol. The van der Waals surface area contributed by atoms with Gasteiger partial charge in [-0.05, 0) is 44.3 Å². The lowest BCUT2D eigenvalue weighted by atomic mass is 10.3. The largest absolute Gasteiger partial charge is 0.368 e. The van der Waals surface area contributed by atoms with E-state index in [1.54, 1.807) is 6.20 Å². The van der Waals surface area contributed by atoms with Crippen molar-refractivity contribution in [1.29, 1.82) is 0 Å². The zero-order valence-corrected chi connectivity index (χ0v) is 12.8. The smallest absolute Gasteiger partial charge is 0.236 e. The Morgan fingerprint density at radius 3 is 2.76 bits per heavy atom. The summed E-state index contributed by atoms with van der Waals surface area (Å²) in [7, 11) is 0. The number of hydrogen-bond donors (Lipinski definition) is 1. The molecule has 0 saturated heterocycles. The second-order valence-electron chi connectivity index (χ2n) is 3.70. The maximum Gasteiger partial charge on any atom is 0.236 e. The fraction of sp³-hybridized carbons (Fsp3) is 0.455. The van der Waals surface area contributed by atoms with E-state index in [0.29, 0.717) is 0 Å². The molecule has 0 unspecified atom stereocenters. The van der Waals surface area contributed by atoms with Crippen LogP contribution in [0.25, 0.3) is 0 Å². The summed E-state index contributed by atoms with van der Waals surface area (Å²) in [6, 6.07) is 1.91. The summed E-state index contributed by atoms with van der Waals surface area (Å²) in [4.78, 5) is 17.3. The van der Waals surface area contributed by atoms with E-state index in [4.69, 9.17) is 5.73 Å². The molecule has 0 aliphatic rings. The first-order chi connectivity index (χ1) is 8.04. The molecule has 0 aromatic carbocycles. The number of carbonyl (C=O) groups excluding carboxylic acids is 1. The molecule has 17 heavy (non-hydrogen) atoms. The standard InChI is InChI=1S/C11H15Br2N3O/c1-2-3-4-16(7-10(14)17)11-9(13)5-8(12)6-15-11/h5-6H,2-4,7H2,1H3,(H2,14,17). The zero-order chi connectivity index (χ0) is 12.8. The van der Waals surface area contributed by atoms with Crippen LogP contribution in [0.4, 0.5) is 5.82 Å². The van der Waals surface area contributed by atoms with Crippen LogP contribution in [-0.2, 0) is 4.79 Å². The maximum atomic E-state index is 11.1. The summed E-state index contributed by atoms with van der Waals surface area (Å²) in [5.74, 6) is 0.401. The first-order valence-electron chi connectivity index (χ1n) is 5.39. The lowest BCUT2D eigenvalue weighted by molar-refractivity contribution is -0.116. The van der Waals surface area contributed by atoms with Crippen molar-refractivity contribution in [2.75, 3.05) is 18.0 Å². The topological polar surface area (TPSA) is 59.2 Å². The van der Waals surface area contributed by atoms with Crippen LogP contribution in [0.3, 0.4) is 0 Å². The lowest BCUT2D eigenvalue weighted by Gasteiger charge is -2.23. The van der Waals surface area contributed by atoms with Crippen LogP contribution in [0, 0.1) is 0 Å². The minimum Gasteiger partial charge on any atom is -0.368 e. The Kier molecular flexibility index (Phi) is 5.91. The maximum absolute atomic E-state index is 11.1. The molecule has 0 saturated carbocycles. The highest BCUT2D eigenvalue weighted by Gasteiger charge is 2.13. The lowest BCUT2D eigenvalue weighted by Crippen LogP contribution is -2.35. The van der Waals surface area contributed by atoms with Crippen LogP contribution < -0.4 is 10.6 Å². The Morgan fingerprint density at radius 2 is 2.24 bits per heavy atom. The van der Waals surface area contributed by atoms with Gasteiger partial charge in [-0.3, -0.25) is 4.79 Å². The number of primary amides is 1. The summed E-state index contributed by atoms with van der Waals surface area (Å²) in [6.45, 7) is 3.06. The fourth-order valence-corrected chi connectivity index (χ4v) is 2.68. The number of rotatable bonds is 6. The highest BCUT2D eigenvalue weighted by Crippen LogP contribution is 2.26. The van der Waals surface area contributed by atoms with Gasteiger partial charge in [0.05, 0.1) is 11.0 Å². The quantitative estimate of drug-likeness (QED) is 0.844. The van der Waals surface area contributed by atoms with Crippen molar-refractivity contribution in [3.05, 3.63) is 21.2 Å². The van der Waals surface area contributed by atoms with Gasteiger partial charge in [0.1, 0.15) is 5.82 Å². The Morgan fingerprint density at radius 1 is 1.53 bits per heavy atom. The molecule has 2 N–H and O–H groups in total. The normalized spacial score (nSPS) is 10.3.